The monoisotopic (exact) mass is 147 g/mol. The van der Waals surface area contributed by atoms with Gasteiger partial charge in [0.1, 0.15) is 5.82 Å². The van der Waals surface area contributed by atoms with Crippen LogP contribution in [-0.4, -0.2) is 15.0 Å². The molecule has 0 saturated heterocycles. The van der Waals surface area contributed by atoms with Crippen molar-refractivity contribution in [3.05, 3.63) is 24.3 Å². The zero-order chi connectivity index (χ0) is 7.68. The molecule has 0 bridgehead atoms. The summed E-state index contributed by atoms with van der Waals surface area (Å²) in [6.45, 7) is 2.05. The number of aromatic amines is 1. The third-order valence-electron chi connectivity index (χ3n) is 1.66. The normalized spacial score (nSPS) is 10.6. The lowest BCUT2D eigenvalue weighted by atomic mass is 10.4. The van der Waals surface area contributed by atoms with Crippen LogP contribution in [-0.2, 0) is 6.42 Å². The molecule has 56 valence electrons. The summed E-state index contributed by atoms with van der Waals surface area (Å²) in [6.07, 6.45) is 4.58. The first-order valence-corrected chi connectivity index (χ1v) is 3.69. The van der Waals surface area contributed by atoms with E-state index in [-0.39, 0.29) is 0 Å². The minimum absolute atomic E-state index is 0.890. The third kappa shape index (κ3) is 0.981. The molecule has 1 N–H and O–H groups in total. The zero-order valence-corrected chi connectivity index (χ0v) is 6.33. The van der Waals surface area contributed by atoms with Crippen LogP contribution in [0.15, 0.2) is 18.5 Å². The van der Waals surface area contributed by atoms with Gasteiger partial charge in [0.25, 0.3) is 0 Å². The van der Waals surface area contributed by atoms with Gasteiger partial charge in [-0.1, -0.05) is 6.92 Å². The number of fused-ring (bicyclic) bond motifs is 1. The molecule has 2 rings (SSSR count). The lowest BCUT2D eigenvalue weighted by molar-refractivity contribution is 0.960. The first-order valence-electron chi connectivity index (χ1n) is 3.69. The zero-order valence-electron chi connectivity index (χ0n) is 6.33. The smallest absolute Gasteiger partial charge is 0.128 e. The predicted molar refractivity (Wildman–Crippen MR) is 43.3 cm³/mol. The van der Waals surface area contributed by atoms with Gasteiger partial charge in [0, 0.05) is 12.6 Å². The molecule has 0 amide bonds. The van der Waals surface area contributed by atoms with E-state index in [1.807, 2.05) is 25.4 Å². The molecular formula is C8H9N3. The Morgan fingerprint density at radius 3 is 3.27 bits per heavy atom. The van der Waals surface area contributed by atoms with Gasteiger partial charge in [-0.2, -0.15) is 0 Å². The van der Waals surface area contributed by atoms with Crippen molar-refractivity contribution in [3.8, 4) is 0 Å². The van der Waals surface area contributed by atoms with Gasteiger partial charge < -0.3 is 4.98 Å². The van der Waals surface area contributed by atoms with Crippen LogP contribution in [0.3, 0.4) is 0 Å². The Labute approximate surface area is 64.5 Å². The van der Waals surface area contributed by atoms with E-state index in [1.165, 1.54) is 0 Å². The summed E-state index contributed by atoms with van der Waals surface area (Å²) < 4.78 is 0. The second-order valence-corrected chi connectivity index (χ2v) is 2.42. The first-order chi connectivity index (χ1) is 5.40. The summed E-state index contributed by atoms with van der Waals surface area (Å²) in [7, 11) is 0. The Hall–Kier alpha value is -1.38. The molecule has 0 unspecified atom stereocenters. The van der Waals surface area contributed by atoms with Crippen molar-refractivity contribution < 1.29 is 0 Å². The standard InChI is InChI=1S/C8H9N3/c1-2-8-10-5-7-6(11-8)3-4-9-7/h3-5,9H,2H2,1H3. The molecule has 11 heavy (non-hydrogen) atoms. The highest BCUT2D eigenvalue weighted by atomic mass is 14.9. The van der Waals surface area contributed by atoms with E-state index >= 15 is 0 Å². The van der Waals surface area contributed by atoms with Gasteiger partial charge in [-0.25, -0.2) is 9.97 Å². The Morgan fingerprint density at radius 1 is 1.55 bits per heavy atom. The van der Waals surface area contributed by atoms with Crippen LogP contribution in [0.25, 0.3) is 11.0 Å². The van der Waals surface area contributed by atoms with Gasteiger partial charge in [-0.3, -0.25) is 0 Å². The summed E-state index contributed by atoms with van der Waals surface area (Å²) in [5.74, 6) is 0.900. The van der Waals surface area contributed by atoms with E-state index in [4.69, 9.17) is 0 Å². The van der Waals surface area contributed by atoms with Crippen molar-refractivity contribution in [1.82, 2.24) is 15.0 Å². The van der Waals surface area contributed by atoms with E-state index in [0.29, 0.717) is 0 Å². The van der Waals surface area contributed by atoms with Crippen LogP contribution < -0.4 is 0 Å². The number of aromatic nitrogens is 3. The molecule has 0 aliphatic heterocycles. The Balaban J connectivity index is 2.67. The minimum Gasteiger partial charge on any atom is -0.359 e. The lowest BCUT2D eigenvalue weighted by Gasteiger charge is -1.92. The van der Waals surface area contributed by atoms with Crippen molar-refractivity contribution in [2.45, 2.75) is 13.3 Å². The quantitative estimate of drug-likeness (QED) is 0.664. The lowest BCUT2D eigenvalue weighted by Crippen LogP contribution is -1.90. The van der Waals surface area contributed by atoms with Crippen LogP contribution in [0, 0.1) is 0 Å². The first kappa shape index (κ1) is 6.34. The Bertz CT molecular complexity index is 364. The maximum absolute atomic E-state index is 4.31. The summed E-state index contributed by atoms with van der Waals surface area (Å²) in [4.78, 5) is 11.5. The molecule has 0 aliphatic rings. The largest absolute Gasteiger partial charge is 0.359 e. The van der Waals surface area contributed by atoms with Crippen molar-refractivity contribution in [1.29, 1.82) is 0 Å². The minimum atomic E-state index is 0.890. The van der Waals surface area contributed by atoms with Gasteiger partial charge in [-0.15, -0.1) is 0 Å². The van der Waals surface area contributed by atoms with Gasteiger partial charge in [0.15, 0.2) is 0 Å². The summed E-state index contributed by atoms with van der Waals surface area (Å²) in [6, 6.07) is 1.95. The van der Waals surface area contributed by atoms with Gasteiger partial charge in [0.2, 0.25) is 0 Å². The SMILES string of the molecule is CCc1ncc2[nH]ccc2n1. The topological polar surface area (TPSA) is 41.6 Å². The van der Waals surface area contributed by atoms with E-state index < -0.39 is 0 Å². The molecule has 0 radical (unpaired) electrons. The molecule has 0 saturated carbocycles. The van der Waals surface area contributed by atoms with E-state index in [0.717, 1.165) is 23.3 Å². The molecule has 0 fully saturated rings. The molecule has 2 heterocycles. The molecule has 0 aliphatic carbocycles. The van der Waals surface area contributed by atoms with E-state index in [1.54, 1.807) is 0 Å². The van der Waals surface area contributed by atoms with E-state index in [2.05, 4.69) is 15.0 Å². The summed E-state index contributed by atoms with van der Waals surface area (Å²) >= 11 is 0. The average Bonchev–Trinajstić information content (AvgIpc) is 2.50. The van der Waals surface area contributed by atoms with Crippen molar-refractivity contribution in [2.24, 2.45) is 0 Å². The highest BCUT2D eigenvalue weighted by Gasteiger charge is 1.96. The number of hydrogen-bond acceptors (Lipinski definition) is 2. The molecule has 3 heteroatoms. The summed E-state index contributed by atoms with van der Waals surface area (Å²) in [5.41, 5.74) is 2.00. The van der Waals surface area contributed by atoms with Crippen molar-refractivity contribution in [2.75, 3.05) is 0 Å². The fourth-order valence-corrected chi connectivity index (χ4v) is 1.05. The molecule has 2 aromatic rings. The number of hydrogen-bond donors (Lipinski definition) is 1. The molecule has 0 spiro atoms. The van der Waals surface area contributed by atoms with Crippen LogP contribution in [0.4, 0.5) is 0 Å². The highest BCUT2D eigenvalue weighted by Crippen LogP contribution is 2.07. The van der Waals surface area contributed by atoms with Crippen LogP contribution in [0.5, 0.6) is 0 Å². The fourth-order valence-electron chi connectivity index (χ4n) is 1.05. The van der Waals surface area contributed by atoms with Gasteiger partial charge in [0.05, 0.1) is 17.2 Å². The average molecular weight is 147 g/mol. The maximum Gasteiger partial charge on any atom is 0.128 e. The van der Waals surface area contributed by atoms with Crippen molar-refractivity contribution >= 4 is 11.0 Å². The van der Waals surface area contributed by atoms with Crippen LogP contribution in [0.2, 0.25) is 0 Å². The maximum atomic E-state index is 4.31. The second kappa shape index (κ2) is 2.34. The van der Waals surface area contributed by atoms with Crippen LogP contribution >= 0.6 is 0 Å². The molecular weight excluding hydrogens is 138 g/mol. The number of rotatable bonds is 1. The molecule has 0 atom stereocenters. The number of nitrogens with zero attached hydrogens (tertiary/aromatic N) is 2. The Morgan fingerprint density at radius 2 is 2.45 bits per heavy atom. The molecule has 0 aromatic carbocycles. The number of H-pyrrole nitrogens is 1. The molecule has 2 aromatic heterocycles. The second-order valence-electron chi connectivity index (χ2n) is 2.42. The van der Waals surface area contributed by atoms with E-state index in [9.17, 15) is 0 Å². The van der Waals surface area contributed by atoms with Crippen molar-refractivity contribution in [3.63, 3.8) is 0 Å². The fraction of sp³-hybridized carbons (Fsp3) is 0.250. The van der Waals surface area contributed by atoms with Gasteiger partial charge >= 0.3 is 0 Å². The molecule has 3 nitrogen and oxygen atoms in total. The predicted octanol–water partition coefficient (Wildman–Crippen LogP) is 1.52. The number of nitrogens with one attached hydrogen (secondary N) is 1. The van der Waals surface area contributed by atoms with Crippen LogP contribution in [0.1, 0.15) is 12.7 Å². The third-order valence-corrected chi connectivity index (χ3v) is 1.66. The van der Waals surface area contributed by atoms with Gasteiger partial charge in [-0.05, 0) is 6.07 Å². The highest BCUT2D eigenvalue weighted by molar-refractivity contribution is 5.73. The Kier molecular flexibility index (Phi) is 1.35. The summed E-state index contributed by atoms with van der Waals surface area (Å²) in [5, 5.41) is 0. The number of aryl methyl sites for hydroxylation is 1.